The normalized spacial score (nSPS) is 18.2. The van der Waals surface area contributed by atoms with Gasteiger partial charge in [0.2, 0.25) is 5.78 Å². The van der Waals surface area contributed by atoms with E-state index in [0.29, 0.717) is 23.5 Å². The molecule has 1 aliphatic rings. The molecule has 0 radical (unpaired) electrons. The summed E-state index contributed by atoms with van der Waals surface area (Å²) in [7, 11) is 0. The third-order valence-electron chi connectivity index (χ3n) is 4.57. The molecule has 3 aromatic rings. The van der Waals surface area contributed by atoms with Crippen LogP contribution in [-0.4, -0.2) is 11.4 Å². The Morgan fingerprint density at radius 2 is 1.32 bits per heavy atom. The Morgan fingerprint density at radius 1 is 0.750 bits per heavy atom. The lowest BCUT2D eigenvalue weighted by atomic mass is 9.86. The number of ketones is 1. The molecule has 0 amide bonds. The Morgan fingerprint density at radius 3 is 1.89 bits per heavy atom. The second kappa shape index (κ2) is 7.97. The lowest BCUT2D eigenvalue weighted by Crippen LogP contribution is -2.43. The van der Waals surface area contributed by atoms with E-state index in [1.807, 2.05) is 97.1 Å². The van der Waals surface area contributed by atoms with Crippen molar-refractivity contribution in [1.29, 1.82) is 0 Å². The van der Waals surface area contributed by atoms with Crippen LogP contribution in [0.1, 0.15) is 16.8 Å². The molecule has 0 N–H and O–H groups in total. The molecule has 1 aliphatic carbocycles. The molecule has 0 fully saturated rings. The summed E-state index contributed by atoms with van der Waals surface area (Å²) in [6.45, 7) is 0. The molecule has 0 bridgehead atoms. The first-order valence-electron chi connectivity index (χ1n) is 9.21. The summed E-state index contributed by atoms with van der Waals surface area (Å²) in [4.78, 5) is 13.3. The van der Waals surface area contributed by atoms with Crippen molar-refractivity contribution in [3.63, 3.8) is 0 Å². The molecule has 28 heavy (non-hydrogen) atoms. The van der Waals surface area contributed by atoms with Crippen molar-refractivity contribution in [2.24, 2.45) is 0 Å². The number of carbonyl (C=O) groups excluding carboxylic acids is 1. The van der Waals surface area contributed by atoms with E-state index in [0.717, 1.165) is 5.75 Å². The Hall–Kier alpha value is -3.59. The largest absolute Gasteiger partial charge is 0.475 e. The Bertz CT molecular complexity index is 992. The molecule has 0 aliphatic heterocycles. The molecular weight excluding hydrogens is 348 g/mol. The summed E-state index contributed by atoms with van der Waals surface area (Å²) in [5, 5.41) is 0. The minimum atomic E-state index is -1.10. The van der Waals surface area contributed by atoms with Gasteiger partial charge in [0, 0.05) is 12.0 Å². The van der Waals surface area contributed by atoms with Crippen molar-refractivity contribution in [3.8, 4) is 11.5 Å². The van der Waals surface area contributed by atoms with E-state index >= 15 is 0 Å². The number of hydrogen-bond acceptors (Lipinski definition) is 3. The first-order valence-corrected chi connectivity index (χ1v) is 9.21. The molecule has 0 spiro atoms. The monoisotopic (exact) mass is 368 g/mol. The highest BCUT2D eigenvalue weighted by atomic mass is 16.5. The summed E-state index contributed by atoms with van der Waals surface area (Å²) >= 11 is 0. The van der Waals surface area contributed by atoms with Crippen LogP contribution in [0.4, 0.5) is 0 Å². The van der Waals surface area contributed by atoms with Crippen LogP contribution in [-0.2, 0) is 0 Å². The minimum absolute atomic E-state index is 0.0804. The van der Waals surface area contributed by atoms with Gasteiger partial charge in [0.25, 0.3) is 0 Å². The average molecular weight is 368 g/mol. The molecule has 0 aromatic heterocycles. The summed E-state index contributed by atoms with van der Waals surface area (Å²) < 4.78 is 12.1. The first kappa shape index (κ1) is 17.8. The standard InChI is InChI=1S/C25H20O3/c26-24(20-10-4-1-5-11-20)25(28-23-14-8-3-9-15-23)18-16-22(17-19-25)27-21-12-6-2-7-13-21/h1-18H,19H2. The average Bonchev–Trinajstić information content (AvgIpc) is 2.77. The predicted octanol–water partition coefficient (Wildman–Crippen LogP) is 5.61. The van der Waals surface area contributed by atoms with Crippen molar-refractivity contribution in [3.05, 3.63) is 121 Å². The summed E-state index contributed by atoms with van der Waals surface area (Å²) in [6.07, 6.45) is 5.89. The van der Waals surface area contributed by atoms with Crippen LogP contribution in [0, 0.1) is 0 Å². The molecule has 3 nitrogen and oxygen atoms in total. The molecule has 0 saturated heterocycles. The third kappa shape index (κ3) is 3.89. The zero-order valence-electron chi connectivity index (χ0n) is 15.3. The van der Waals surface area contributed by atoms with E-state index in [9.17, 15) is 4.79 Å². The SMILES string of the molecule is O=C(c1ccccc1)C1(Oc2ccccc2)C=CC(Oc2ccccc2)=CC1. The van der Waals surface area contributed by atoms with Crippen molar-refractivity contribution < 1.29 is 14.3 Å². The second-order valence-electron chi connectivity index (χ2n) is 6.56. The number of ether oxygens (including phenoxy) is 2. The fourth-order valence-electron chi connectivity index (χ4n) is 3.13. The number of carbonyl (C=O) groups is 1. The molecule has 0 heterocycles. The number of hydrogen-bond donors (Lipinski definition) is 0. The van der Waals surface area contributed by atoms with Crippen molar-refractivity contribution in [2.75, 3.05) is 0 Å². The van der Waals surface area contributed by atoms with Gasteiger partial charge in [0.1, 0.15) is 17.3 Å². The lowest BCUT2D eigenvalue weighted by Gasteiger charge is -2.31. The van der Waals surface area contributed by atoms with Gasteiger partial charge in [-0.2, -0.15) is 0 Å². The number of allylic oxidation sites excluding steroid dienone is 1. The van der Waals surface area contributed by atoms with Crippen LogP contribution in [0.3, 0.4) is 0 Å². The molecule has 1 atom stereocenters. The highest BCUT2D eigenvalue weighted by molar-refractivity contribution is 6.04. The molecule has 3 aromatic carbocycles. The lowest BCUT2D eigenvalue weighted by molar-refractivity contribution is 0.0617. The van der Waals surface area contributed by atoms with Crippen molar-refractivity contribution >= 4 is 5.78 Å². The number of Topliss-reactive ketones (excluding diaryl/α,β-unsaturated/α-hetero) is 1. The second-order valence-corrected chi connectivity index (χ2v) is 6.56. The van der Waals surface area contributed by atoms with Gasteiger partial charge < -0.3 is 9.47 Å². The van der Waals surface area contributed by atoms with Crippen molar-refractivity contribution in [1.82, 2.24) is 0 Å². The van der Waals surface area contributed by atoms with E-state index in [-0.39, 0.29) is 5.78 Å². The van der Waals surface area contributed by atoms with Gasteiger partial charge in [-0.1, -0.05) is 66.7 Å². The molecule has 0 saturated carbocycles. The number of para-hydroxylation sites is 2. The molecular formula is C25H20O3. The van der Waals surface area contributed by atoms with Gasteiger partial charge >= 0.3 is 0 Å². The highest BCUT2D eigenvalue weighted by Gasteiger charge is 2.40. The van der Waals surface area contributed by atoms with Gasteiger partial charge in [-0.05, 0) is 42.5 Å². The Kier molecular flexibility index (Phi) is 5.07. The predicted molar refractivity (Wildman–Crippen MR) is 109 cm³/mol. The Balaban J connectivity index is 1.62. The quantitative estimate of drug-likeness (QED) is 0.531. The van der Waals surface area contributed by atoms with Gasteiger partial charge in [0.15, 0.2) is 5.60 Å². The van der Waals surface area contributed by atoms with Crippen LogP contribution in [0.25, 0.3) is 0 Å². The maximum absolute atomic E-state index is 13.3. The van der Waals surface area contributed by atoms with Gasteiger partial charge in [-0.25, -0.2) is 0 Å². The topological polar surface area (TPSA) is 35.5 Å². The van der Waals surface area contributed by atoms with E-state index in [4.69, 9.17) is 9.47 Å². The van der Waals surface area contributed by atoms with E-state index in [2.05, 4.69) is 0 Å². The molecule has 138 valence electrons. The number of rotatable bonds is 6. The minimum Gasteiger partial charge on any atom is -0.475 e. The van der Waals surface area contributed by atoms with Crippen molar-refractivity contribution in [2.45, 2.75) is 12.0 Å². The maximum atomic E-state index is 13.3. The van der Waals surface area contributed by atoms with Gasteiger partial charge in [-0.3, -0.25) is 4.79 Å². The molecule has 1 unspecified atom stereocenters. The number of benzene rings is 3. The van der Waals surface area contributed by atoms with Crippen LogP contribution >= 0.6 is 0 Å². The zero-order valence-corrected chi connectivity index (χ0v) is 15.3. The van der Waals surface area contributed by atoms with E-state index in [1.54, 1.807) is 12.2 Å². The van der Waals surface area contributed by atoms with Gasteiger partial charge in [0.05, 0.1) is 0 Å². The molecule has 3 heteroatoms. The summed E-state index contributed by atoms with van der Waals surface area (Å²) in [6, 6.07) is 28.2. The van der Waals surface area contributed by atoms with E-state index in [1.165, 1.54) is 0 Å². The van der Waals surface area contributed by atoms with Crippen LogP contribution in [0.5, 0.6) is 11.5 Å². The van der Waals surface area contributed by atoms with Crippen LogP contribution in [0.2, 0.25) is 0 Å². The highest BCUT2D eigenvalue weighted by Crippen LogP contribution is 2.32. The maximum Gasteiger partial charge on any atom is 0.210 e. The van der Waals surface area contributed by atoms with E-state index < -0.39 is 5.60 Å². The first-order chi connectivity index (χ1) is 13.8. The fourth-order valence-corrected chi connectivity index (χ4v) is 3.13. The van der Waals surface area contributed by atoms with Crippen LogP contribution in [0.15, 0.2) is 115 Å². The molecule has 4 rings (SSSR count). The Labute approximate surface area is 164 Å². The summed E-state index contributed by atoms with van der Waals surface area (Å²) in [5.74, 6) is 2.02. The zero-order chi connectivity index (χ0) is 19.2. The fraction of sp³-hybridized carbons (Fsp3) is 0.0800. The summed E-state index contributed by atoms with van der Waals surface area (Å²) in [5.41, 5.74) is -0.490. The van der Waals surface area contributed by atoms with Crippen LogP contribution < -0.4 is 9.47 Å². The van der Waals surface area contributed by atoms with Gasteiger partial charge in [-0.15, -0.1) is 0 Å². The third-order valence-corrected chi connectivity index (χ3v) is 4.57. The smallest absolute Gasteiger partial charge is 0.210 e.